The van der Waals surface area contributed by atoms with Crippen LogP contribution in [-0.2, 0) is 12.8 Å². The quantitative estimate of drug-likeness (QED) is 0.634. The molecule has 20 heavy (non-hydrogen) atoms. The maximum atomic E-state index is 3.96. The predicted molar refractivity (Wildman–Crippen MR) is 89.5 cm³/mol. The van der Waals surface area contributed by atoms with Crippen LogP contribution < -0.4 is 0 Å². The largest absolute Gasteiger partial charge is 0.0836 e. The molecular formula is C19H21Br. The van der Waals surface area contributed by atoms with E-state index in [1.54, 1.807) is 5.56 Å². The Morgan fingerprint density at radius 2 is 1.70 bits per heavy atom. The van der Waals surface area contributed by atoms with Crippen LogP contribution in [0.15, 0.2) is 42.5 Å². The molecule has 0 saturated heterocycles. The average Bonchev–Trinajstić information content (AvgIpc) is 2.45. The number of alkyl halides is 1. The highest BCUT2D eigenvalue weighted by Crippen LogP contribution is 2.42. The number of hydrogen-bond acceptors (Lipinski definition) is 0. The van der Waals surface area contributed by atoms with E-state index in [9.17, 15) is 0 Å². The molecule has 0 radical (unpaired) electrons. The Morgan fingerprint density at radius 1 is 1.00 bits per heavy atom. The van der Waals surface area contributed by atoms with Crippen LogP contribution >= 0.6 is 15.9 Å². The van der Waals surface area contributed by atoms with Crippen LogP contribution in [0, 0.1) is 19.8 Å². The minimum Gasteiger partial charge on any atom is -0.0836 e. The molecule has 104 valence electrons. The lowest BCUT2D eigenvalue weighted by Gasteiger charge is -2.31. The van der Waals surface area contributed by atoms with Crippen LogP contribution in [0.25, 0.3) is 0 Å². The second-order valence-electron chi connectivity index (χ2n) is 5.97. The first-order valence-electron chi connectivity index (χ1n) is 7.44. The first-order valence-corrected chi connectivity index (χ1v) is 8.35. The summed E-state index contributed by atoms with van der Waals surface area (Å²) < 4.78 is 0. The standard InChI is InChI=1S/C19H21Br/c1-13-6-5-7-14(2)18(13)12-16-11-10-15-8-3-4-9-17(15)19(16)20/h3-9,16,19H,10-12H2,1-2H3. The monoisotopic (exact) mass is 328 g/mol. The van der Waals surface area contributed by atoms with Crippen LogP contribution in [-0.4, -0.2) is 0 Å². The molecule has 0 nitrogen and oxygen atoms in total. The van der Waals surface area contributed by atoms with E-state index in [2.05, 4.69) is 72.2 Å². The molecule has 0 aromatic heterocycles. The first-order chi connectivity index (χ1) is 9.66. The molecule has 0 N–H and O–H groups in total. The zero-order valence-corrected chi connectivity index (χ0v) is 13.8. The van der Waals surface area contributed by atoms with Gasteiger partial charge in [-0.15, -0.1) is 0 Å². The van der Waals surface area contributed by atoms with Gasteiger partial charge in [0.15, 0.2) is 0 Å². The van der Waals surface area contributed by atoms with Gasteiger partial charge in [-0.25, -0.2) is 0 Å². The average molecular weight is 329 g/mol. The third kappa shape index (κ3) is 2.56. The van der Waals surface area contributed by atoms with Crippen LogP contribution in [0.2, 0.25) is 0 Å². The summed E-state index contributed by atoms with van der Waals surface area (Å²) in [6.07, 6.45) is 3.68. The molecule has 0 spiro atoms. The molecule has 0 aliphatic heterocycles. The van der Waals surface area contributed by atoms with Crippen molar-refractivity contribution in [3.63, 3.8) is 0 Å². The van der Waals surface area contributed by atoms with Gasteiger partial charge in [-0.2, -0.15) is 0 Å². The number of hydrogen-bond donors (Lipinski definition) is 0. The molecular weight excluding hydrogens is 308 g/mol. The summed E-state index contributed by atoms with van der Waals surface area (Å²) in [5.41, 5.74) is 7.43. The van der Waals surface area contributed by atoms with Crippen molar-refractivity contribution in [2.45, 2.75) is 37.9 Å². The number of fused-ring (bicyclic) bond motifs is 1. The summed E-state index contributed by atoms with van der Waals surface area (Å²) in [5.74, 6) is 0.699. The van der Waals surface area contributed by atoms with Crippen LogP contribution in [0.4, 0.5) is 0 Å². The second kappa shape index (κ2) is 5.73. The van der Waals surface area contributed by atoms with Gasteiger partial charge in [-0.1, -0.05) is 58.4 Å². The third-order valence-corrected chi connectivity index (χ3v) is 5.90. The maximum Gasteiger partial charge on any atom is 0.0429 e. The number of halogens is 1. The number of aryl methyl sites for hydroxylation is 3. The van der Waals surface area contributed by atoms with Gasteiger partial charge in [0.25, 0.3) is 0 Å². The maximum absolute atomic E-state index is 3.96. The molecule has 0 bridgehead atoms. The fourth-order valence-corrected chi connectivity index (χ4v) is 4.31. The van der Waals surface area contributed by atoms with Crippen molar-refractivity contribution in [1.82, 2.24) is 0 Å². The Hall–Kier alpha value is -1.08. The van der Waals surface area contributed by atoms with Crippen molar-refractivity contribution in [2.75, 3.05) is 0 Å². The lowest BCUT2D eigenvalue weighted by molar-refractivity contribution is 0.451. The minimum atomic E-state index is 0.492. The topological polar surface area (TPSA) is 0 Å². The minimum absolute atomic E-state index is 0.492. The fraction of sp³-hybridized carbons (Fsp3) is 0.368. The smallest absolute Gasteiger partial charge is 0.0429 e. The van der Waals surface area contributed by atoms with Crippen molar-refractivity contribution in [2.24, 2.45) is 5.92 Å². The molecule has 2 aromatic rings. The van der Waals surface area contributed by atoms with Crippen LogP contribution in [0.5, 0.6) is 0 Å². The van der Waals surface area contributed by atoms with Crippen molar-refractivity contribution in [3.8, 4) is 0 Å². The van der Waals surface area contributed by atoms with Gasteiger partial charge < -0.3 is 0 Å². The predicted octanol–water partition coefficient (Wildman–Crippen LogP) is 5.54. The Balaban J connectivity index is 1.87. The van der Waals surface area contributed by atoms with E-state index >= 15 is 0 Å². The van der Waals surface area contributed by atoms with Gasteiger partial charge in [-0.3, -0.25) is 0 Å². The summed E-state index contributed by atoms with van der Waals surface area (Å²) in [4.78, 5) is 0.492. The van der Waals surface area contributed by atoms with E-state index < -0.39 is 0 Å². The second-order valence-corrected chi connectivity index (χ2v) is 6.96. The van der Waals surface area contributed by atoms with E-state index in [1.807, 2.05) is 0 Å². The highest BCUT2D eigenvalue weighted by atomic mass is 79.9. The number of benzene rings is 2. The normalized spacial score (nSPS) is 21.6. The van der Waals surface area contributed by atoms with E-state index in [-0.39, 0.29) is 0 Å². The summed E-state index contributed by atoms with van der Waals surface area (Å²) in [5, 5.41) is 0. The van der Waals surface area contributed by atoms with Crippen LogP contribution in [0.1, 0.15) is 39.1 Å². The Kier molecular flexibility index (Phi) is 3.98. The Labute approximate surface area is 130 Å². The SMILES string of the molecule is Cc1cccc(C)c1CC1CCc2ccccc2C1Br. The molecule has 0 amide bonds. The van der Waals surface area contributed by atoms with Gasteiger partial charge >= 0.3 is 0 Å². The molecule has 2 atom stereocenters. The van der Waals surface area contributed by atoms with Crippen molar-refractivity contribution in [1.29, 1.82) is 0 Å². The molecule has 1 aliphatic rings. The molecule has 1 aliphatic carbocycles. The summed E-state index contributed by atoms with van der Waals surface area (Å²) in [6.45, 7) is 4.48. The van der Waals surface area contributed by atoms with Crippen molar-refractivity contribution >= 4 is 15.9 Å². The third-order valence-electron chi connectivity index (χ3n) is 4.66. The van der Waals surface area contributed by atoms with Crippen LogP contribution in [0.3, 0.4) is 0 Å². The van der Waals surface area contributed by atoms with Gasteiger partial charge in [0.05, 0.1) is 0 Å². The fourth-order valence-electron chi connectivity index (χ4n) is 3.41. The van der Waals surface area contributed by atoms with E-state index in [0.717, 1.165) is 0 Å². The zero-order valence-electron chi connectivity index (χ0n) is 12.2. The first kappa shape index (κ1) is 13.9. The van der Waals surface area contributed by atoms with Gasteiger partial charge in [0.2, 0.25) is 0 Å². The van der Waals surface area contributed by atoms with Gasteiger partial charge in [-0.05, 0) is 66.8 Å². The van der Waals surface area contributed by atoms with E-state index in [4.69, 9.17) is 0 Å². The van der Waals surface area contributed by atoms with E-state index in [0.29, 0.717) is 10.7 Å². The van der Waals surface area contributed by atoms with Crippen molar-refractivity contribution in [3.05, 3.63) is 70.3 Å². The number of rotatable bonds is 2. The molecule has 0 saturated carbocycles. The molecule has 2 aromatic carbocycles. The molecule has 0 fully saturated rings. The highest BCUT2D eigenvalue weighted by molar-refractivity contribution is 9.09. The molecule has 1 heteroatoms. The van der Waals surface area contributed by atoms with Gasteiger partial charge in [0, 0.05) is 4.83 Å². The van der Waals surface area contributed by atoms with Crippen molar-refractivity contribution < 1.29 is 0 Å². The molecule has 2 unspecified atom stereocenters. The zero-order chi connectivity index (χ0) is 14.1. The Bertz CT molecular complexity index is 595. The van der Waals surface area contributed by atoms with Gasteiger partial charge in [0.1, 0.15) is 0 Å². The molecule has 0 heterocycles. The molecule has 3 rings (SSSR count). The summed E-state index contributed by atoms with van der Waals surface area (Å²) >= 11 is 3.96. The highest BCUT2D eigenvalue weighted by Gasteiger charge is 2.27. The summed E-state index contributed by atoms with van der Waals surface area (Å²) in [7, 11) is 0. The lowest BCUT2D eigenvalue weighted by Crippen LogP contribution is -2.19. The Morgan fingerprint density at radius 3 is 2.45 bits per heavy atom. The summed E-state index contributed by atoms with van der Waals surface area (Å²) in [6, 6.07) is 15.5. The van der Waals surface area contributed by atoms with E-state index in [1.165, 1.54) is 41.5 Å². The lowest BCUT2D eigenvalue weighted by atomic mass is 9.79.